The maximum Gasteiger partial charge on any atom is 0.317 e. The number of carboxylic acids is 4. The van der Waals surface area contributed by atoms with Crippen LogP contribution in [0.3, 0.4) is 0 Å². The van der Waals surface area contributed by atoms with E-state index >= 15 is 0 Å². The Kier molecular flexibility index (Phi) is 32.4. The smallest absolute Gasteiger partial charge is 0.317 e. The summed E-state index contributed by atoms with van der Waals surface area (Å²) < 4.78 is 37.9. The van der Waals surface area contributed by atoms with Gasteiger partial charge in [-0.15, -0.1) is 0 Å². The molecular formula is C42H77N9O17. The fourth-order valence-electron chi connectivity index (χ4n) is 7.95. The molecule has 392 valence electrons. The third-order valence-electron chi connectivity index (χ3n) is 11.1. The summed E-state index contributed by atoms with van der Waals surface area (Å²) in [5.74, 6) is -5.47. The van der Waals surface area contributed by atoms with Crippen LogP contribution in [0, 0.1) is 0 Å². The van der Waals surface area contributed by atoms with Gasteiger partial charge in [-0.25, -0.2) is 0 Å². The van der Waals surface area contributed by atoms with Crippen molar-refractivity contribution in [2.45, 2.75) is 81.5 Å². The van der Waals surface area contributed by atoms with E-state index in [1.165, 1.54) is 11.3 Å². The van der Waals surface area contributed by atoms with Gasteiger partial charge in [-0.05, 0) is 45.2 Å². The molecule has 2 amide bonds. The predicted molar refractivity (Wildman–Crippen MR) is 243 cm³/mol. The maximum absolute atomic E-state index is 12.1. The number of fused-ring (bicyclic) bond motifs is 1. The van der Waals surface area contributed by atoms with E-state index in [1.54, 1.807) is 9.80 Å². The summed E-state index contributed by atoms with van der Waals surface area (Å²) in [7, 11) is 0. The molecule has 0 aromatic carbocycles. The summed E-state index contributed by atoms with van der Waals surface area (Å²) in [5, 5.41) is 48.3. The highest BCUT2D eigenvalue weighted by atomic mass is 16.7. The van der Waals surface area contributed by atoms with Gasteiger partial charge in [0, 0.05) is 43.7 Å². The van der Waals surface area contributed by atoms with E-state index in [4.69, 9.17) is 44.6 Å². The molecule has 1 aliphatic carbocycles. The molecule has 0 spiro atoms. The summed E-state index contributed by atoms with van der Waals surface area (Å²) in [6, 6.07) is -1.19. The van der Waals surface area contributed by atoms with Gasteiger partial charge in [-0.3, -0.25) is 59.1 Å². The number of amides is 2. The molecule has 1 saturated heterocycles. The van der Waals surface area contributed by atoms with E-state index in [0.29, 0.717) is 85.1 Å². The van der Waals surface area contributed by atoms with Gasteiger partial charge in [0.05, 0.1) is 105 Å². The molecule has 3 atom stereocenters. The van der Waals surface area contributed by atoms with Gasteiger partial charge in [-0.2, -0.15) is 0 Å². The van der Waals surface area contributed by atoms with Crippen LogP contribution in [0.15, 0.2) is 4.99 Å². The third-order valence-corrected chi connectivity index (χ3v) is 11.1. The van der Waals surface area contributed by atoms with Gasteiger partial charge in [0.2, 0.25) is 11.8 Å². The first kappa shape index (κ1) is 59.9. The van der Waals surface area contributed by atoms with Gasteiger partial charge in [-0.1, -0.05) is 19.3 Å². The van der Waals surface area contributed by atoms with Crippen molar-refractivity contribution >= 4 is 42.1 Å². The minimum atomic E-state index is -1.26. The van der Waals surface area contributed by atoms with Gasteiger partial charge in [0.25, 0.3) is 0 Å². The van der Waals surface area contributed by atoms with Crippen LogP contribution in [0.5, 0.6) is 0 Å². The number of unbranched alkanes of at least 4 members (excludes halogenated alkanes) is 1. The van der Waals surface area contributed by atoms with Crippen LogP contribution < -0.4 is 27.4 Å². The van der Waals surface area contributed by atoms with Crippen LogP contribution in [0.2, 0.25) is 0 Å². The Labute approximate surface area is 397 Å². The summed E-state index contributed by atoms with van der Waals surface area (Å²) in [5.41, 5.74) is 9.47. The molecule has 11 N–H and O–H groups in total. The molecule has 0 radical (unpaired) electrons. The molecule has 2 rings (SSSR count). The highest BCUT2D eigenvalue weighted by Gasteiger charge is 2.49. The monoisotopic (exact) mass is 980 g/mol. The Balaban J connectivity index is 1.54. The van der Waals surface area contributed by atoms with E-state index < -0.39 is 54.5 Å². The topological polar surface area (TPSA) is 358 Å². The number of nitrogens with zero attached hydrogens (tertiary/aromatic N) is 4. The zero-order chi connectivity index (χ0) is 49.8. The summed E-state index contributed by atoms with van der Waals surface area (Å²) >= 11 is 0. The molecule has 26 nitrogen and oxygen atoms in total. The minimum absolute atomic E-state index is 0.0388. The molecule has 26 heteroatoms. The van der Waals surface area contributed by atoms with Crippen molar-refractivity contribution in [2.75, 3.05) is 145 Å². The van der Waals surface area contributed by atoms with E-state index in [2.05, 4.69) is 20.9 Å². The highest BCUT2D eigenvalue weighted by Crippen LogP contribution is 2.36. The molecule has 0 unspecified atom stereocenters. The molecule has 1 saturated carbocycles. The Hall–Kier alpha value is -4.19. The lowest BCUT2D eigenvalue weighted by molar-refractivity contribution is -0.148. The first-order chi connectivity index (χ1) is 32.7. The number of carboxylic acid groups (broad SMARTS) is 4. The Bertz CT molecular complexity index is 1440. The average Bonchev–Trinajstić information content (AvgIpc) is 3.40. The standard InChI is InChI=1S/C42H77N9O17/c43-33(41(44)61)6-3-4-10-45-31-68-32-67-21-19-63-17-13-48-36(52)26-64-20-18-62-16-12-47-30-66-15-5-14-65-29-46-11-9-42(51(24-39(57)58)25-40(59)60)27-49(22-37(53)54)34-7-1-2-8-35(34)50(28-42)23-38(55)56/h30,33-35,45-46H,1-29,31-32,43H2,(H2,44,61)(H,48,52)(H,53,54)(H,55,56)(H,57,58)(H,59,60)/t33-,34+,35+/m0/s1. The number of primary amides is 1. The number of nitrogens with two attached hydrogens (primary N) is 2. The van der Waals surface area contributed by atoms with Crippen molar-refractivity contribution in [3.63, 3.8) is 0 Å². The van der Waals surface area contributed by atoms with E-state index in [-0.39, 0.29) is 90.5 Å². The fourth-order valence-corrected chi connectivity index (χ4v) is 7.95. The van der Waals surface area contributed by atoms with Crippen molar-refractivity contribution < 1.29 is 82.4 Å². The molecule has 68 heavy (non-hydrogen) atoms. The number of nitrogens with one attached hydrogen (secondary N) is 3. The molecule has 1 heterocycles. The summed E-state index contributed by atoms with van der Waals surface area (Å²) in [6.07, 6.45) is 7.17. The molecule has 1 aliphatic heterocycles. The Morgan fingerprint density at radius 2 is 1.29 bits per heavy atom. The second-order valence-electron chi connectivity index (χ2n) is 16.4. The second-order valence-corrected chi connectivity index (χ2v) is 16.4. The number of aliphatic imine (C=N–C) groups is 1. The van der Waals surface area contributed by atoms with Crippen LogP contribution in [0.25, 0.3) is 0 Å². The lowest BCUT2D eigenvalue weighted by Crippen LogP contribution is -2.63. The lowest BCUT2D eigenvalue weighted by Gasteiger charge is -2.45. The first-order valence-corrected chi connectivity index (χ1v) is 23.1. The fraction of sp³-hybridized carbons (Fsp3) is 0.833. The van der Waals surface area contributed by atoms with Crippen LogP contribution >= 0.6 is 0 Å². The van der Waals surface area contributed by atoms with Crippen molar-refractivity contribution in [1.82, 2.24) is 30.7 Å². The normalized spacial score (nSPS) is 18.0. The second kappa shape index (κ2) is 36.7. The molecule has 2 aliphatic rings. The Morgan fingerprint density at radius 1 is 0.691 bits per heavy atom. The lowest BCUT2D eigenvalue weighted by atomic mass is 9.88. The molecular weight excluding hydrogens is 903 g/mol. The van der Waals surface area contributed by atoms with Crippen molar-refractivity contribution in [2.24, 2.45) is 16.5 Å². The molecule has 0 aromatic rings. The number of aliphatic carboxylic acids is 4. The van der Waals surface area contributed by atoms with Gasteiger partial charge in [0.1, 0.15) is 13.4 Å². The van der Waals surface area contributed by atoms with Crippen LogP contribution in [-0.4, -0.2) is 246 Å². The number of ether oxygens (including phenoxy) is 7. The number of hydrogen-bond acceptors (Lipinski definition) is 20. The minimum Gasteiger partial charge on any atom is -0.483 e. The quantitative estimate of drug-likeness (QED) is 0.0131. The SMILES string of the molecule is NC(=O)[C@@H](N)CCCCNCOCOCCOCCNC(=O)COCCOCCN=COCCCOCNCCC1(N(CC(=O)O)CC(=O)O)CN(CC(=O)O)[C@@H]2CCCC[C@H]2N(CC(=O)O)C1. The van der Waals surface area contributed by atoms with E-state index in [0.717, 1.165) is 32.2 Å². The summed E-state index contributed by atoms with van der Waals surface area (Å²) in [6.45, 7) is 2.68. The van der Waals surface area contributed by atoms with Crippen molar-refractivity contribution in [3.8, 4) is 0 Å². The Morgan fingerprint density at radius 3 is 1.93 bits per heavy atom. The average molecular weight is 980 g/mol. The van der Waals surface area contributed by atoms with Gasteiger partial charge >= 0.3 is 23.9 Å². The van der Waals surface area contributed by atoms with Gasteiger partial charge < -0.3 is 70.4 Å². The molecule has 0 bridgehead atoms. The largest absolute Gasteiger partial charge is 0.483 e. The zero-order valence-electron chi connectivity index (χ0n) is 39.3. The van der Waals surface area contributed by atoms with E-state index in [9.17, 15) is 49.2 Å². The van der Waals surface area contributed by atoms with Crippen LogP contribution in [-0.2, 0) is 61.9 Å². The zero-order valence-corrected chi connectivity index (χ0v) is 39.3. The van der Waals surface area contributed by atoms with Crippen LogP contribution in [0.1, 0.15) is 57.8 Å². The maximum atomic E-state index is 12.1. The van der Waals surface area contributed by atoms with Crippen molar-refractivity contribution in [3.05, 3.63) is 0 Å². The number of carbonyl (C=O) groups is 6. The molecule has 2 fully saturated rings. The van der Waals surface area contributed by atoms with Crippen molar-refractivity contribution in [1.29, 1.82) is 0 Å². The number of carbonyl (C=O) groups excluding carboxylic acids is 2. The summed E-state index contributed by atoms with van der Waals surface area (Å²) in [4.78, 5) is 80.0. The van der Waals surface area contributed by atoms with E-state index in [1.807, 2.05) is 0 Å². The predicted octanol–water partition coefficient (Wildman–Crippen LogP) is -2.63. The van der Waals surface area contributed by atoms with Gasteiger partial charge in [0.15, 0.2) is 6.40 Å². The molecule has 0 aromatic heterocycles. The third kappa shape index (κ3) is 27.7. The van der Waals surface area contributed by atoms with Crippen LogP contribution in [0.4, 0.5) is 0 Å². The highest BCUT2D eigenvalue weighted by molar-refractivity contribution is 5.79. The number of hydrogen-bond donors (Lipinski definition) is 9. The first-order valence-electron chi connectivity index (χ1n) is 23.1. The number of rotatable bonds is 43.